The fourth-order valence-electron chi connectivity index (χ4n) is 3.09. The Morgan fingerprint density at radius 1 is 1.04 bits per heavy atom. The van der Waals surface area contributed by atoms with Gasteiger partial charge >= 0.3 is 0 Å². The maximum atomic E-state index is 8.97. The summed E-state index contributed by atoms with van der Waals surface area (Å²) < 4.78 is 5.46. The van der Waals surface area contributed by atoms with Crippen molar-refractivity contribution in [2.24, 2.45) is 5.92 Å². The monoisotopic (exact) mass is 307 g/mol. The molecular formula is C19H21N3O. The van der Waals surface area contributed by atoms with Crippen molar-refractivity contribution >= 4 is 0 Å². The van der Waals surface area contributed by atoms with Gasteiger partial charge in [-0.15, -0.1) is 0 Å². The number of nitriles is 1. The van der Waals surface area contributed by atoms with Gasteiger partial charge in [0.1, 0.15) is 11.6 Å². The van der Waals surface area contributed by atoms with Gasteiger partial charge in [0.05, 0.1) is 12.7 Å². The van der Waals surface area contributed by atoms with Gasteiger partial charge in [0.25, 0.3) is 0 Å². The standard InChI is InChI=1S/C19H21N3O/c1-2-23-18-9-7-15(8-10-18)17-12-21-19(22-13-17)16-5-3-14(11-20)4-6-16/h7-10,12-14,16H,2-6H2,1H3. The molecule has 1 saturated carbocycles. The average Bonchev–Trinajstić information content (AvgIpc) is 2.63. The second-order valence-corrected chi connectivity index (χ2v) is 5.96. The highest BCUT2D eigenvalue weighted by atomic mass is 16.5. The van der Waals surface area contributed by atoms with Gasteiger partial charge in [-0.25, -0.2) is 9.97 Å². The van der Waals surface area contributed by atoms with Gasteiger partial charge in [-0.05, 0) is 50.3 Å². The van der Waals surface area contributed by atoms with Crippen LogP contribution in [-0.2, 0) is 0 Å². The molecule has 0 aliphatic heterocycles. The van der Waals surface area contributed by atoms with E-state index in [1.54, 1.807) is 0 Å². The summed E-state index contributed by atoms with van der Waals surface area (Å²) in [6.45, 7) is 2.65. The van der Waals surface area contributed by atoms with E-state index in [9.17, 15) is 0 Å². The van der Waals surface area contributed by atoms with Crippen molar-refractivity contribution in [2.75, 3.05) is 6.61 Å². The molecule has 0 unspecified atom stereocenters. The molecule has 1 aliphatic carbocycles. The Morgan fingerprint density at radius 2 is 1.70 bits per heavy atom. The maximum absolute atomic E-state index is 8.97. The van der Waals surface area contributed by atoms with E-state index in [2.05, 4.69) is 16.0 Å². The van der Waals surface area contributed by atoms with E-state index in [1.807, 2.05) is 43.6 Å². The first-order chi connectivity index (χ1) is 11.3. The number of hydrogen-bond acceptors (Lipinski definition) is 4. The smallest absolute Gasteiger partial charge is 0.131 e. The van der Waals surface area contributed by atoms with Crippen LogP contribution in [0.2, 0.25) is 0 Å². The molecule has 4 heteroatoms. The lowest BCUT2D eigenvalue weighted by Crippen LogP contribution is -2.14. The Hall–Kier alpha value is -2.41. The molecule has 0 N–H and O–H groups in total. The van der Waals surface area contributed by atoms with E-state index in [-0.39, 0.29) is 5.92 Å². The minimum absolute atomic E-state index is 0.217. The second-order valence-electron chi connectivity index (χ2n) is 5.96. The Balaban J connectivity index is 1.68. The molecule has 4 nitrogen and oxygen atoms in total. The minimum Gasteiger partial charge on any atom is -0.494 e. The fourth-order valence-corrected chi connectivity index (χ4v) is 3.09. The topological polar surface area (TPSA) is 58.8 Å². The predicted molar refractivity (Wildman–Crippen MR) is 88.9 cm³/mol. The van der Waals surface area contributed by atoms with Gasteiger partial charge in [-0.2, -0.15) is 5.26 Å². The largest absolute Gasteiger partial charge is 0.494 e. The van der Waals surface area contributed by atoms with Gasteiger partial charge in [-0.3, -0.25) is 0 Å². The van der Waals surface area contributed by atoms with Crippen molar-refractivity contribution in [1.82, 2.24) is 9.97 Å². The first-order valence-corrected chi connectivity index (χ1v) is 8.25. The molecule has 1 aromatic carbocycles. The van der Waals surface area contributed by atoms with Crippen LogP contribution < -0.4 is 4.74 Å². The minimum atomic E-state index is 0.217. The van der Waals surface area contributed by atoms with Crippen LogP contribution in [0.1, 0.15) is 44.3 Å². The molecule has 23 heavy (non-hydrogen) atoms. The zero-order valence-electron chi connectivity index (χ0n) is 13.4. The summed E-state index contributed by atoms with van der Waals surface area (Å²) >= 11 is 0. The van der Waals surface area contributed by atoms with E-state index in [4.69, 9.17) is 10.00 Å². The number of nitrogens with zero attached hydrogens (tertiary/aromatic N) is 3. The van der Waals surface area contributed by atoms with Crippen molar-refractivity contribution < 1.29 is 4.74 Å². The summed E-state index contributed by atoms with van der Waals surface area (Å²) in [5, 5.41) is 8.97. The molecule has 1 heterocycles. The summed E-state index contributed by atoms with van der Waals surface area (Å²) in [6, 6.07) is 10.4. The zero-order chi connectivity index (χ0) is 16.1. The zero-order valence-corrected chi connectivity index (χ0v) is 13.4. The third-order valence-corrected chi connectivity index (χ3v) is 4.45. The van der Waals surface area contributed by atoms with Crippen molar-refractivity contribution in [1.29, 1.82) is 5.26 Å². The normalized spacial score (nSPS) is 20.7. The highest BCUT2D eigenvalue weighted by Crippen LogP contribution is 2.34. The molecule has 0 saturated heterocycles. The number of ether oxygens (including phenoxy) is 1. The molecule has 1 aliphatic rings. The Kier molecular flexibility index (Phi) is 4.87. The van der Waals surface area contributed by atoms with Crippen molar-refractivity contribution in [2.45, 2.75) is 38.5 Å². The van der Waals surface area contributed by atoms with Crippen molar-refractivity contribution in [3.63, 3.8) is 0 Å². The van der Waals surface area contributed by atoms with E-state index in [1.165, 1.54) is 0 Å². The molecule has 3 rings (SSSR count). The van der Waals surface area contributed by atoms with Gasteiger partial charge in [-0.1, -0.05) is 12.1 Å². The Morgan fingerprint density at radius 3 is 2.26 bits per heavy atom. The Labute approximate surface area is 137 Å². The summed E-state index contributed by atoms with van der Waals surface area (Å²) in [6.07, 6.45) is 7.75. The summed E-state index contributed by atoms with van der Waals surface area (Å²) in [5.41, 5.74) is 2.11. The first-order valence-electron chi connectivity index (χ1n) is 8.25. The van der Waals surface area contributed by atoms with E-state index >= 15 is 0 Å². The highest BCUT2D eigenvalue weighted by Gasteiger charge is 2.23. The van der Waals surface area contributed by atoms with Crippen LogP contribution in [0.4, 0.5) is 0 Å². The first kappa shape index (κ1) is 15.5. The van der Waals surface area contributed by atoms with Gasteiger partial charge in [0.15, 0.2) is 0 Å². The van der Waals surface area contributed by atoms with Crippen molar-refractivity contribution in [3.8, 4) is 22.9 Å². The molecule has 0 amide bonds. The summed E-state index contributed by atoms with van der Waals surface area (Å²) in [5.74, 6) is 2.41. The van der Waals surface area contributed by atoms with Crippen LogP contribution in [-0.4, -0.2) is 16.6 Å². The molecular weight excluding hydrogens is 286 g/mol. The van der Waals surface area contributed by atoms with E-state index in [0.717, 1.165) is 48.4 Å². The molecule has 0 atom stereocenters. The fraction of sp³-hybridized carbons (Fsp3) is 0.421. The van der Waals surface area contributed by atoms with E-state index in [0.29, 0.717) is 12.5 Å². The third kappa shape index (κ3) is 3.68. The SMILES string of the molecule is CCOc1ccc(-c2cnc(C3CCC(C#N)CC3)nc2)cc1. The van der Waals surface area contributed by atoms with Crippen LogP contribution in [0.25, 0.3) is 11.1 Å². The molecule has 0 radical (unpaired) electrons. The highest BCUT2D eigenvalue weighted by molar-refractivity contribution is 5.62. The van der Waals surface area contributed by atoms with Gasteiger partial charge in [0.2, 0.25) is 0 Å². The van der Waals surface area contributed by atoms with Gasteiger partial charge in [0, 0.05) is 29.8 Å². The van der Waals surface area contributed by atoms with Crippen molar-refractivity contribution in [3.05, 3.63) is 42.5 Å². The second kappa shape index (κ2) is 7.23. The third-order valence-electron chi connectivity index (χ3n) is 4.45. The Bertz CT molecular complexity index is 665. The number of rotatable bonds is 4. The lowest BCUT2D eigenvalue weighted by atomic mass is 9.82. The molecule has 2 aromatic rings. The van der Waals surface area contributed by atoms with Crippen LogP contribution in [0.15, 0.2) is 36.7 Å². The van der Waals surface area contributed by atoms with Crippen LogP contribution >= 0.6 is 0 Å². The average molecular weight is 307 g/mol. The maximum Gasteiger partial charge on any atom is 0.131 e. The summed E-state index contributed by atoms with van der Waals surface area (Å²) in [4.78, 5) is 9.13. The van der Waals surface area contributed by atoms with E-state index < -0.39 is 0 Å². The summed E-state index contributed by atoms with van der Waals surface area (Å²) in [7, 11) is 0. The predicted octanol–water partition coefficient (Wildman–Crippen LogP) is 4.34. The lowest BCUT2D eigenvalue weighted by molar-refractivity contribution is 0.340. The number of hydrogen-bond donors (Lipinski definition) is 0. The number of aromatic nitrogens is 2. The quantitative estimate of drug-likeness (QED) is 0.843. The van der Waals surface area contributed by atoms with Crippen LogP contribution in [0, 0.1) is 17.2 Å². The molecule has 0 bridgehead atoms. The molecule has 0 spiro atoms. The molecule has 1 fully saturated rings. The van der Waals surface area contributed by atoms with Crippen LogP contribution in [0.3, 0.4) is 0 Å². The number of benzene rings is 1. The van der Waals surface area contributed by atoms with Gasteiger partial charge < -0.3 is 4.74 Å². The molecule has 118 valence electrons. The lowest BCUT2D eigenvalue weighted by Gasteiger charge is -2.23. The molecule has 1 aromatic heterocycles. The van der Waals surface area contributed by atoms with Crippen LogP contribution in [0.5, 0.6) is 5.75 Å².